The number of likely N-dealkylation sites (tertiary alicyclic amines) is 1. The first kappa shape index (κ1) is 14.6. The third-order valence-electron chi connectivity index (χ3n) is 4.86. The summed E-state index contributed by atoms with van der Waals surface area (Å²) in [5.74, 6) is 2.66. The molecule has 0 bridgehead atoms. The maximum absolute atomic E-state index is 5.73. The van der Waals surface area contributed by atoms with E-state index >= 15 is 0 Å². The van der Waals surface area contributed by atoms with Gasteiger partial charge in [0.15, 0.2) is 11.5 Å². The Morgan fingerprint density at radius 2 is 2.00 bits per heavy atom. The summed E-state index contributed by atoms with van der Waals surface area (Å²) < 4.78 is 16.7. The third kappa shape index (κ3) is 2.70. The second-order valence-corrected chi connectivity index (χ2v) is 6.33. The molecule has 3 heterocycles. The summed E-state index contributed by atoms with van der Waals surface area (Å²) >= 11 is 0. The number of hydrogen-bond acceptors (Lipinski definition) is 5. The van der Waals surface area contributed by atoms with Crippen LogP contribution in [0.4, 0.5) is 0 Å². The number of benzene rings is 1. The lowest BCUT2D eigenvalue weighted by atomic mass is 10.0. The molecule has 0 aliphatic carbocycles. The highest BCUT2D eigenvalue weighted by atomic mass is 16.6. The minimum atomic E-state index is 0.416. The fourth-order valence-corrected chi connectivity index (χ4v) is 3.59. The first-order valence-corrected chi connectivity index (χ1v) is 8.28. The molecule has 122 valence electrons. The Hall–Kier alpha value is -2.01. The molecule has 0 amide bonds. The standard InChI is InChI=1S/C18H22N2O3/c1-12-15(13(2)23-19-12)11-20-7-3-4-16(20)14-5-6-17-18(10-14)22-9-8-21-17/h5-6,10,16H,3-4,7-9,11H2,1-2H3/t16-/m0/s1. The molecule has 1 atom stereocenters. The van der Waals surface area contributed by atoms with Gasteiger partial charge in [-0.05, 0) is 50.9 Å². The van der Waals surface area contributed by atoms with Crippen molar-refractivity contribution in [2.75, 3.05) is 19.8 Å². The lowest BCUT2D eigenvalue weighted by Crippen LogP contribution is -2.23. The molecule has 5 nitrogen and oxygen atoms in total. The molecule has 1 aromatic heterocycles. The van der Waals surface area contributed by atoms with Crippen LogP contribution in [0.1, 0.15) is 41.5 Å². The molecule has 23 heavy (non-hydrogen) atoms. The molecule has 2 aromatic rings. The van der Waals surface area contributed by atoms with E-state index < -0.39 is 0 Å². The van der Waals surface area contributed by atoms with Gasteiger partial charge in [-0.3, -0.25) is 4.90 Å². The molecule has 1 saturated heterocycles. The van der Waals surface area contributed by atoms with Crippen molar-refractivity contribution in [2.24, 2.45) is 0 Å². The zero-order valence-corrected chi connectivity index (χ0v) is 13.7. The van der Waals surface area contributed by atoms with Gasteiger partial charge in [0.05, 0.1) is 5.69 Å². The van der Waals surface area contributed by atoms with Crippen LogP contribution < -0.4 is 9.47 Å². The fourth-order valence-electron chi connectivity index (χ4n) is 3.59. The van der Waals surface area contributed by atoms with E-state index in [9.17, 15) is 0 Å². The zero-order valence-electron chi connectivity index (χ0n) is 13.7. The number of hydrogen-bond donors (Lipinski definition) is 0. The van der Waals surface area contributed by atoms with Crippen molar-refractivity contribution in [1.29, 1.82) is 0 Å². The number of ether oxygens (including phenoxy) is 2. The first-order valence-electron chi connectivity index (χ1n) is 8.28. The van der Waals surface area contributed by atoms with E-state index in [1.54, 1.807) is 0 Å². The van der Waals surface area contributed by atoms with E-state index in [0.29, 0.717) is 19.3 Å². The lowest BCUT2D eigenvalue weighted by molar-refractivity contribution is 0.170. The largest absolute Gasteiger partial charge is 0.486 e. The van der Waals surface area contributed by atoms with Gasteiger partial charge >= 0.3 is 0 Å². The molecule has 0 saturated carbocycles. The summed E-state index contributed by atoms with van der Waals surface area (Å²) in [5, 5.41) is 4.08. The van der Waals surface area contributed by atoms with E-state index in [-0.39, 0.29) is 0 Å². The molecule has 1 aromatic carbocycles. The van der Waals surface area contributed by atoms with Crippen LogP contribution in [-0.4, -0.2) is 29.8 Å². The molecule has 1 fully saturated rings. The number of rotatable bonds is 3. The molecule has 4 rings (SSSR count). The average Bonchev–Trinajstić information content (AvgIpc) is 3.16. The summed E-state index contributed by atoms with van der Waals surface area (Å²) in [5.41, 5.74) is 3.52. The fraction of sp³-hybridized carbons (Fsp3) is 0.500. The Morgan fingerprint density at radius 1 is 1.17 bits per heavy atom. The molecular formula is C18H22N2O3. The van der Waals surface area contributed by atoms with Crippen molar-refractivity contribution in [2.45, 2.75) is 39.3 Å². The van der Waals surface area contributed by atoms with Gasteiger partial charge in [0.1, 0.15) is 19.0 Å². The molecular weight excluding hydrogens is 292 g/mol. The Labute approximate surface area is 136 Å². The van der Waals surface area contributed by atoms with Crippen molar-refractivity contribution in [3.05, 3.63) is 40.8 Å². The van der Waals surface area contributed by atoms with Crippen molar-refractivity contribution >= 4 is 0 Å². The van der Waals surface area contributed by atoms with E-state index in [2.05, 4.69) is 22.2 Å². The molecule has 0 radical (unpaired) electrons. The Bertz CT molecular complexity index is 691. The van der Waals surface area contributed by atoms with Crippen LogP contribution in [0.2, 0.25) is 0 Å². The minimum Gasteiger partial charge on any atom is -0.486 e. The van der Waals surface area contributed by atoms with Crippen LogP contribution in [0.5, 0.6) is 11.5 Å². The molecule has 0 unspecified atom stereocenters. The van der Waals surface area contributed by atoms with Gasteiger partial charge in [0.2, 0.25) is 0 Å². The van der Waals surface area contributed by atoms with Gasteiger partial charge in [-0.15, -0.1) is 0 Å². The van der Waals surface area contributed by atoms with Gasteiger partial charge in [-0.25, -0.2) is 0 Å². The molecule has 5 heteroatoms. The predicted octanol–water partition coefficient (Wildman–Crippen LogP) is 3.40. The zero-order chi connectivity index (χ0) is 15.8. The van der Waals surface area contributed by atoms with Gasteiger partial charge in [0.25, 0.3) is 0 Å². The quantitative estimate of drug-likeness (QED) is 0.869. The van der Waals surface area contributed by atoms with Crippen molar-refractivity contribution in [3.8, 4) is 11.5 Å². The Morgan fingerprint density at radius 3 is 2.78 bits per heavy atom. The molecule has 2 aliphatic heterocycles. The van der Waals surface area contributed by atoms with Crippen LogP contribution in [0.3, 0.4) is 0 Å². The first-order chi connectivity index (χ1) is 11.2. The second-order valence-electron chi connectivity index (χ2n) is 6.33. The van der Waals surface area contributed by atoms with E-state index in [1.807, 2.05) is 19.9 Å². The average molecular weight is 314 g/mol. The third-order valence-corrected chi connectivity index (χ3v) is 4.86. The molecule has 0 N–H and O–H groups in total. The minimum absolute atomic E-state index is 0.416. The highest BCUT2D eigenvalue weighted by molar-refractivity contribution is 5.45. The maximum Gasteiger partial charge on any atom is 0.161 e. The molecule has 0 spiro atoms. The monoisotopic (exact) mass is 314 g/mol. The van der Waals surface area contributed by atoms with E-state index in [1.165, 1.54) is 24.0 Å². The van der Waals surface area contributed by atoms with Crippen LogP contribution >= 0.6 is 0 Å². The Balaban J connectivity index is 1.58. The van der Waals surface area contributed by atoms with Gasteiger partial charge < -0.3 is 14.0 Å². The number of aryl methyl sites for hydroxylation is 2. The van der Waals surface area contributed by atoms with E-state index in [4.69, 9.17) is 14.0 Å². The van der Waals surface area contributed by atoms with Crippen molar-refractivity contribution in [1.82, 2.24) is 10.1 Å². The van der Waals surface area contributed by atoms with Crippen molar-refractivity contribution < 1.29 is 14.0 Å². The highest BCUT2D eigenvalue weighted by Gasteiger charge is 2.28. The van der Waals surface area contributed by atoms with Gasteiger partial charge in [-0.1, -0.05) is 11.2 Å². The highest BCUT2D eigenvalue weighted by Crippen LogP contribution is 2.39. The smallest absolute Gasteiger partial charge is 0.161 e. The number of nitrogens with zero attached hydrogens (tertiary/aromatic N) is 2. The van der Waals surface area contributed by atoms with Gasteiger partial charge in [-0.2, -0.15) is 0 Å². The summed E-state index contributed by atoms with van der Waals surface area (Å²) in [6.07, 6.45) is 2.38. The summed E-state index contributed by atoms with van der Waals surface area (Å²) in [7, 11) is 0. The SMILES string of the molecule is Cc1noc(C)c1CN1CCC[C@H]1c1ccc2c(c1)OCCO2. The van der Waals surface area contributed by atoms with Crippen LogP contribution in [-0.2, 0) is 6.54 Å². The van der Waals surface area contributed by atoms with Crippen molar-refractivity contribution in [3.63, 3.8) is 0 Å². The summed E-state index contributed by atoms with van der Waals surface area (Å²) in [4.78, 5) is 2.51. The lowest BCUT2D eigenvalue weighted by Gasteiger charge is -2.26. The van der Waals surface area contributed by atoms with Crippen LogP contribution in [0, 0.1) is 13.8 Å². The summed E-state index contributed by atoms with van der Waals surface area (Å²) in [6, 6.07) is 6.77. The number of aromatic nitrogens is 1. The summed E-state index contributed by atoms with van der Waals surface area (Å²) in [6.45, 7) is 7.26. The second kappa shape index (κ2) is 5.89. The predicted molar refractivity (Wildman–Crippen MR) is 85.8 cm³/mol. The van der Waals surface area contributed by atoms with E-state index in [0.717, 1.165) is 36.0 Å². The maximum atomic E-state index is 5.73. The topological polar surface area (TPSA) is 47.7 Å². The Kier molecular flexibility index (Phi) is 3.73. The number of fused-ring (bicyclic) bond motifs is 1. The normalized spacial score (nSPS) is 20.9. The molecule has 2 aliphatic rings. The van der Waals surface area contributed by atoms with Crippen LogP contribution in [0.15, 0.2) is 22.7 Å². The van der Waals surface area contributed by atoms with Gasteiger partial charge in [0, 0.05) is 18.2 Å². The van der Waals surface area contributed by atoms with Crippen LogP contribution in [0.25, 0.3) is 0 Å².